The average Bonchev–Trinajstić information content (AvgIpc) is 3.24. The van der Waals surface area contributed by atoms with Gasteiger partial charge in [-0.15, -0.1) is 10.2 Å². The van der Waals surface area contributed by atoms with Crippen LogP contribution in [0.25, 0.3) is 5.82 Å². The third-order valence-electron chi connectivity index (χ3n) is 4.35. The summed E-state index contributed by atoms with van der Waals surface area (Å²) >= 11 is 0. The largest absolute Gasteiger partial charge is 0.352 e. The van der Waals surface area contributed by atoms with Crippen LogP contribution < -0.4 is 4.90 Å². The molecule has 0 saturated carbocycles. The predicted molar refractivity (Wildman–Crippen MR) is 96.6 cm³/mol. The van der Waals surface area contributed by atoms with Gasteiger partial charge in [-0.1, -0.05) is 18.2 Å². The average molecular weight is 370 g/mol. The predicted octanol–water partition coefficient (Wildman–Crippen LogP) is 1.17. The highest BCUT2D eigenvalue weighted by Gasteiger charge is 2.28. The molecule has 3 heterocycles. The van der Waals surface area contributed by atoms with E-state index in [1.165, 1.54) is 4.31 Å². The highest BCUT2D eigenvalue weighted by Crippen LogP contribution is 2.19. The molecule has 0 unspecified atom stereocenters. The van der Waals surface area contributed by atoms with Crippen molar-refractivity contribution in [1.82, 2.24) is 24.1 Å². The van der Waals surface area contributed by atoms with Crippen LogP contribution in [0.2, 0.25) is 0 Å². The van der Waals surface area contributed by atoms with E-state index >= 15 is 0 Å². The topological polar surface area (TPSA) is 84.2 Å². The van der Waals surface area contributed by atoms with Gasteiger partial charge < -0.3 is 4.90 Å². The van der Waals surface area contributed by atoms with E-state index in [0.29, 0.717) is 36.9 Å². The highest BCUT2D eigenvalue weighted by atomic mass is 32.2. The second kappa shape index (κ2) is 6.85. The van der Waals surface area contributed by atoms with Gasteiger partial charge in [0.25, 0.3) is 0 Å². The first-order valence-electron chi connectivity index (χ1n) is 8.27. The number of hydrogen-bond donors (Lipinski definition) is 0. The van der Waals surface area contributed by atoms with E-state index in [1.54, 1.807) is 47.6 Å². The molecular formula is C17H18N6O2S. The minimum Gasteiger partial charge on any atom is -0.352 e. The molecule has 0 N–H and O–H groups in total. The Bertz CT molecular complexity index is 950. The molecule has 2 aromatic heterocycles. The monoisotopic (exact) mass is 370 g/mol. The van der Waals surface area contributed by atoms with Crippen LogP contribution in [-0.2, 0) is 10.0 Å². The van der Waals surface area contributed by atoms with Gasteiger partial charge in [0.1, 0.15) is 6.33 Å². The highest BCUT2D eigenvalue weighted by molar-refractivity contribution is 7.89. The number of anilines is 1. The lowest BCUT2D eigenvalue weighted by Gasteiger charge is -2.34. The summed E-state index contributed by atoms with van der Waals surface area (Å²) < 4.78 is 28.7. The number of nitrogens with zero attached hydrogens (tertiary/aromatic N) is 6. The number of piperazine rings is 1. The lowest BCUT2D eigenvalue weighted by molar-refractivity contribution is 0.383. The minimum atomic E-state index is -3.44. The van der Waals surface area contributed by atoms with Gasteiger partial charge in [0, 0.05) is 38.6 Å². The molecule has 1 aliphatic rings. The molecule has 26 heavy (non-hydrogen) atoms. The van der Waals surface area contributed by atoms with Crippen LogP contribution in [0.15, 0.2) is 66.1 Å². The summed E-state index contributed by atoms with van der Waals surface area (Å²) in [6.45, 7) is 1.99. The minimum absolute atomic E-state index is 0.331. The molecule has 1 saturated heterocycles. The maximum atomic E-state index is 12.7. The lowest BCUT2D eigenvalue weighted by Crippen LogP contribution is -2.49. The third kappa shape index (κ3) is 3.18. The smallest absolute Gasteiger partial charge is 0.243 e. The number of benzene rings is 1. The van der Waals surface area contributed by atoms with Crippen LogP contribution in [-0.4, -0.2) is 58.7 Å². The van der Waals surface area contributed by atoms with Crippen LogP contribution in [0, 0.1) is 0 Å². The molecule has 0 amide bonds. The maximum absolute atomic E-state index is 12.7. The van der Waals surface area contributed by atoms with E-state index in [0.717, 1.165) is 5.82 Å². The molecule has 3 aromatic rings. The number of sulfonamides is 1. The van der Waals surface area contributed by atoms with Crippen LogP contribution in [0.5, 0.6) is 0 Å². The molecule has 0 bridgehead atoms. The molecule has 8 nitrogen and oxygen atoms in total. The van der Waals surface area contributed by atoms with Gasteiger partial charge in [-0.25, -0.2) is 13.4 Å². The summed E-state index contributed by atoms with van der Waals surface area (Å²) in [5.74, 6) is 1.43. The van der Waals surface area contributed by atoms with Crippen molar-refractivity contribution >= 4 is 15.8 Å². The van der Waals surface area contributed by atoms with Crippen molar-refractivity contribution in [3.05, 3.63) is 61.2 Å². The number of aromatic nitrogens is 4. The zero-order valence-corrected chi connectivity index (χ0v) is 14.8. The molecule has 0 spiro atoms. The third-order valence-corrected chi connectivity index (χ3v) is 6.26. The zero-order valence-electron chi connectivity index (χ0n) is 14.0. The van der Waals surface area contributed by atoms with Crippen molar-refractivity contribution in [1.29, 1.82) is 0 Å². The Morgan fingerprint density at radius 2 is 1.54 bits per heavy atom. The van der Waals surface area contributed by atoms with Gasteiger partial charge in [-0.3, -0.25) is 4.57 Å². The fraction of sp³-hybridized carbons (Fsp3) is 0.235. The zero-order chi connectivity index (χ0) is 18.0. The van der Waals surface area contributed by atoms with Gasteiger partial charge in [0.2, 0.25) is 10.0 Å². The molecular weight excluding hydrogens is 352 g/mol. The lowest BCUT2D eigenvalue weighted by atomic mass is 10.3. The Hall–Kier alpha value is -2.78. The van der Waals surface area contributed by atoms with Crippen molar-refractivity contribution in [3.8, 4) is 5.82 Å². The van der Waals surface area contributed by atoms with E-state index < -0.39 is 10.0 Å². The maximum Gasteiger partial charge on any atom is 0.243 e. The molecule has 0 atom stereocenters. The van der Waals surface area contributed by atoms with Gasteiger partial charge >= 0.3 is 0 Å². The molecule has 9 heteroatoms. The Morgan fingerprint density at radius 1 is 0.846 bits per heavy atom. The summed E-state index contributed by atoms with van der Waals surface area (Å²) in [5, 5.41) is 8.47. The van der Waals surface area contributed by atoms with E-state index in [1.807, 2.05) is 23.1 Å². The Balaban J connectivity index is 1.44. The van der Waals surface area contributed by atoms with E-state index in [-0.39, 0.29) is 0 Å². The van der Waals surface area contributed by atoms with Gasteiger partial charge in [0.15, 0.2) is 11.6 Å². The summed E-state index contributed by atoms with van der Waals surface area (Å²) in [4.78, 5) is 6.36. The fourth-order valence-corrected chi connectivity index (χ4v) is 4.36. The van der Waals surface area contributed by atoms with Gasteiger partial charge in [-0.2, -0.15) is 4.31 Å². The van der Waals surface area contributed by atoms with E-state index in [2.05, 4.69) is 15.2 Å². The number of hydrogen-bond acceptors (Lipinski definition) is 6. The van der Waals surface area contributed by atoms with Crippen LogP contribution in [0.4, 0.5) is 5.82 Å². The first-order chi connectivity index (χ1) is 12.6. The summed E-state index contributed by atoms with van der Waals surface area (Å²) in [5.41, 5.74) is 0. The summed E-state index contributed by atoms with van der Waals surface area (Å²) in [6, 6.07) is 12.3. The Kier molecular flexibility index (Phi) is 4.39. The second-order valence-electron chi connectivity index (χ2n) is 5.92. The van der Waals surface area contributed by atoms with Crippen molar-refractivity contribution in [2.75, 3.05) is 31.1 Å². The quantitative estimate of drug-likeness (QED) is 0.686. The Morgan fingerprint density at radius 3 is 2.15 bits per heavy atom. The standard InChI is InChI=1S/C17H18N6O2S/c24-26(25,15-4-2-1-3-5-15)23-12-10-21(11-13-23)16-6-7-17(20-19-16)22-9-8-18-14-22/h1-9,14H,10-13H2. The van der Waals surface area contributed by atoms with Crippen LogP contribution in [0.3, 0.4) is 0 Å². The molecule has 4 rings (SSSR count). The number of imidazole rings is 1. The van der Waals surface area contributed by atoms with Crippen molar-refractivity contribution in [2.45, 2.75) is 4.90 Å². The molecule has 0 radical (unpaired) electrons. The van der Waals surface area contributed by atoms with Crippen molar-refractivity contribution < 1.29 is 8.42 Å². The second-order valence-corrected chi connectivity index (χ2v) is 7.86. The van der Waals surface area contributed by atoms with Crippen molar-refractivity contribution in [3.63, 3.8) is 0 Å². The van der Waals surface area contributed by atoms with E-state index in [4.69, 9.17) is 0 Å². The molecule has 134 valence electrons. The van der Waals surface area contributed by atoms with Crippen LogP contribution in [0.1, 0.15) is 0 Å². The number of rotatable bonds is 4. The molecule has 1 aliphatic heterocycles. The fourth-order valence-electron chi connectivity index (χ4n) is 2.92. The van der Waals surface area contributed by atoms with E-state index in [9.17, 15) is 8.42 Å². The van der Waals surface area contributed by atoms with Crippen LogP contribution >= 0.6 is 0 Å². The Labute approximate surface area is 151 Å². The molecule has 1 fully saturated rings. The molecule has 1 aromatic carbocycles. The summed E-state index contributed by atoms with van der Waals surface area (Å²) in [7, 11) is -3.44. The normalized spacial score (nSPS) is 15.9. The summed E-state index contributed by atoms with van der Waals surface area (Å²) in [6.07, 6.45) is 5.15. The SMILES string of the molecule is O=S(=O)(c1ccccc1)N1CCN(c2ccc(-n3ccnc3)nn2)CC1. The first-order valence-corrected chi connectivity index (χ1v) is 9.71. The van der Waals surface area contributed by atoms with Gasteiger partial charge in [-0.05, 0) is 24.3 Å². The first kappa shape index (κ1) is 16.7. The molecule has 0 aliphatic carbocycles. The van der Waals surface area contributed by atoms with Crippen molar-refractivity contribution in [2.24, 2.45) is 0 Å². The van der Waals surface area contributed by atoms with Gasteiger partial charge in [0.05, 0.1) is 4.90 Å².